The van der Waals surface area contributed by atoms with Crippen LogP contribution in [0.2, 0.25) is 0 Å². The third kappa shape index (κ3) is 2.24. The minimum absolute atomic E-state index is 0.100. The van der Waals surface area contributed by atoms with Gasteiger partial charge >= 0.3 is 0 Å². The number of aliphatic hydroxyl groups is 1. The number of hydrogen-bond acceptors (Lipinski definition) is 5. The molecule has 1 amide bonds. The Morgan fingerprint density at radius 3 is 2.71 bits per heavy atom. The minimum Gasteiger partial charge on any atom is -0.504 e. The van der Waals surface area contributed by atoms with Crippen LogP contribution in [0.5, 0.6) is 11.5 Å². The Morgan fingerprint density at radius 1 is 1.15 bits per heavy atom. The molecule has 4 aliphatic carbocycles. The third-order valence-electron chi connectivity index (χ3n) is 10.9. The summed E-state index contributed by atoms with van der Waals surface area (Å²) in [6, 6.07) is 3.95. The van der Waals surface area contributed by atoms with Crippen LogP contribution in [0.3, 0.4) is 0 Å². The largest absolute Gasteiger partial charge is 0.504 e. The van der Waals surface area contributed by atoms with E-state index in [9.17, 15) is 15.0 Å². The molecule has 3 aliphatic heterocycles. The molecular weight excluding hydrogens is 428 g/mol. The van der Waals surface area contributed by atoms with Crippen molar-refractivity contribution in [2.24, 2.45) is 11.3 Å². The van der Waals surface area contributed by atoms with Crippen molar-refractivity contribution in [1.82, 2.24) is 9.80 Å². The van der Waals surface area contributed by atoms with Crippen molar-refractivity contribution in [3.63, 3.8) is 0 Å². The second kappa shape index (κ2) is 6.38. The van der Waals surface area contributed by atoms with Crippen LogP contribution in [0, 0.1) is 11.3 Å². The van der Waals surface area contributed by atoms with Gasteiger partial charge in [0, 0.05) is 42.7 Å². The number of fused-ring (bicyclic) bond motifs is 1. The first-order valence-electron chi connectivity index (χ1n) is 13.4. The molecule has 5 atom stereocenters. The van der Waals surface area contributed by atoms with Gasteiger partial charge in [0.1, 0.15) is 6.10 Å². The van der Waals surface area contributed by atoms with Gasteiger partial charge in [-0.2, -0.15) is 0 Å². The molecule has 2 bridgehead atoms. The number of likely N-dealkylation sites (tertiary alicyclic amines) is 2. The van der Waals surface area contributed by atoms with E-state index < -0.39 is 11.0 Å². The van der Waals surface area contributed by atoms with Crippen molar-refractivity contribution in [1.29, 1.82) is 0 Å². The second-order valence-electron chi connectivity index (χ2n) is 12.3. The molecular formula is C28H34N2O4. The number of phenolic OH excluding ortho intramolecular Hbond substituents is 1. The number of amides is 1. The lowest BCUT2D eigenvalue weighted by atomic mass is 9.40. The van der Waals surface area contributed by atoms with E-state index >= 15 is 0 Å². The predicted octanol–water partition coefficient (Wildman–Crippen LogP) is 2.90. The molecule has 2 saturated heterocycles. The van der Waals surface area contributed by atoms with Crippen LogP contribution in [0.1, 0.15) is 62.5 Å². The van der Waals surface area contributed by atoms with E-state index in [1.807, 2.05) is 11.0 Å². The molecule has 180 valence electrons. The summed E-state index contributed by atoms with van der Waals surface area (Å²) in [4.78, 5) is 17.4. The van der Waals surface area contributed by atoms with Gasteiger partial charge in [0.15, 0.2) is 11.5 Å². The quantitative estimate of drug-likeness (QED) is 0.676. The Labute approximate surface area is 200 Å². The molecule has 6 heteroatoms. The SMILES string of the molecule is O=C(/C=C1\CC[C@]12CC[C@@]1(O)[C@@H]3Cc4ccc(O)c5c4[C@@]1(CCN3CC1CC1)[C@H]2O5)N1CCC1. The Bertz CT molecular complexity index is 1140. The van der Waals surface area contributed by atoms with Crippen molar-refractivity contribution in [2.75, 3.05) is 26.2 Å². The van der Waals surface area contributed by atoms with E-state index in [-0.39, 0.29) is 29.2 Å². The molecule has 5 fully saturated rings. The number of aromatic hydroxyl groups is 1. The van der Waals surface area contributed by atoms with Gasteiger partial charge in [-0.1, -0.05) is 11.6 Å². The number of ether oxygens (including phenoxy) is 1. The first-order chi connectivity index (χ1) is 16.5. The third-order valence-corrected chi connectivity index (χ3v) is 10.9. The summed E-state index contributed by atoms with van der Waals surface area (Å²) < 4.78 is 6.78. The van der Waals surface area contributed by atoms with Crippen molar-refractivity contribution in [3.05, 3.63) is 34.9 Å². The van der Waals surface area contributed by atoms with Crippen molar-refractivity contribution < 1.29 is 19.7 Å². The molecule has 2 spiro atoms. The summed E-state index contributed by atoms with van der Waals surface area (Å²) in [5.74, 6) is 1.73. The normalized spacial score (nSPS) is 42.7. The number of benzene rings is 1. The van der Waals surface area contributed by atoms with E-state index in [1.165, 1.54) is 24.0 Å². The van der Waals surface area contributed by atoms with Gasteiger partial charge in [-0.15, -0.1) is 0 Å². The zero-order valence-corrected chi connectivity index (χ0v) is 19.8. The van der Waals surface area contributed by atoms with E-state index in [4.69, 9.17) is 4.74 Å². The Kier molecular flexibility index (Phi) is 3.79. The van der Waals surface area contributed by atoms with Crippen LogP contribution in [-0.2, 0) is 16.6 Å². The van der Waals surface area contributed by atoms with Crippen molar-refractivity contribution in [2.45, 2.75) is 80.9 Å². The van der Waals surface area contributed by atoms with Crippen LogP contribution >= 0.6 is 0 Å². The monoisotopic (exact) mass is 462 g/mol. The molecule has 1 aromatic rings. The van der Waals surface area contributed by atoms with Crippen LogP contribution < -0.4 is 4.74 Å². The molecule has 8 rings (SSSR count). The predicted molar refractivity (Wildman–Crippen MR) is 126 cm³/mol. The lowest BCUT2D eigenvalue weighted by molar-refractivity contribution is -0.218. The van der Waals surface area contributed by atoms with Gasteiger partial charge in [-0.25, -0.2) is 0 Å². The summed E-state index contributed by atoms with van der Waals surface area (Å²) in [6.07, 6.45) is 10.6. The van der Waals surface area contributed by atoms with Crippen LogP contribution in [0.25, 0.3) is 0 Å². The fourth-order valence-corrected chi connectivity index (χ4v) is 8.78. The summed E-state index contributed by atoms with van der Waals surface area (Å²) in [5.41, 5.74) is 1.96. The van der Waals surface area contributed by atoms with Crippen LogP contribution in [0.4, 0.5) is 0 Å². The average Bonchev–Trinajstić information content (AvgIpc) is 3.51. The molecule has 2 N–H and O–H groups in total. The first kappa shape index (κ1) is 20.2. The molecule has 7 aliphatic rings. The van der Waals surface area contributed by atoms with Crippen molar-refractivity contribution >= 4 is 5.91 Å². The number of carbonyl (C=O) groups excluding carboxylic acids is 1. The fraction of sp³-hybridized carbons (Fsp3) is 0.679. The maximum absolute atomic E-state index is 12.9. The molecule has 3 saturated carbocycles. The molecule has 0 radical (unpaired) electrons. The minimum atomic E-state index is -0.857. The van der Waals surface area contributed by atoms with Gasteiger partial charge in [-0.05, 0) is 81.9 Å². The highest BCUT2D eigenvalue weighted by Gasteiger charge is 2.77. The zero-order chi connectivity index (χ0) is 22.9. The molecule has 6 nitrogen and oxygen atoms in total. The van der Waals surface area contributed by atoms with E-state index in [2.05, 4.69) is 11.0 Å². The number of rotatable bonds is 3. The molecule has 3 heterocycles. The maximum atomic E-state index is 12.9. The van der Waals surface area contributed by atoms with Gasteiger partial charge < -0.3 is 19.8 Å². The fourth-order valence-electron chi connectivity index (χ4n) is 8.78. The summed E-state index contributed by atoms with van der Waals surface area (Å²) >= 11 is 0. The van der Waals surface area contributed by atoms with Gasteiger partial charge in [0.2, 0.25) is 5.91 Å². The van der Waals surface area contributed by atoms with Gasteiger partial charge in [0.05, 0.1) is 11.0 Å². The van der Waals surface area contributed by atoms with Crippen LogP contribution in [-0.4, -0.2) is 69.8 Å². The van der Waals surface area contributed by atoms with Crippen LogP contribution in [0.15, 0.2) is 23.8 Å². The molecule has 34 heavy (non-hydrogen) atoms. The number of phenols is 1. The molecule has 0 aromatic heterocycles. The molecule has 0 unspecified atom stereocenters. The van der Waals surface area contributed by atoms with E-state index in [1.54, 1.807) is 6.07 Å². The number of hydrogen-bond donors (Lipinski definition) is 2. The zero-order valence-electron chi connectivity index (χ0n) is 19.8. The Morgan fingerprint density at radius 2 is 2.00 bits per heavy atom. The number of nitrogens with zero attached hydrogens (tertiary/aromatic N) is 2. The maximum Gasteiger partial charge on any atom is 0.246 e. The summed E-state index contributed by atoms with van der Waals surface area (Å²) in [7, 11) is 0. The van der Waals surface area contributed by atoms with Gasteiger partial charge in [0.25, 0.3) is 0 Å². The second-order valence-corrected chi connectivity index (χ2v) is 12.3. The topological polar surface area (TPSA) is 73.2 Å². The first-order valence-corrected chi connectivity index (χ1v) is 13.4. The Balaban J connectivity index is 1.26. The van der Waals surface area contributed by atoms with Crippen molar-refractivity contribution in [3.8, 4) is 11.5 Å². The summed E-state index contributed by atoms with van der Waals surface area (Å²) in [6.45, 7) is 3.79. The van der Waals surface area contributed by atoms with E-state index in [0.29, 0.717) is 5.75 Å². The van der Waals surface area contributed by atoms with E-state index in [0.717, 1.165) is 82.6 Å². The number of piperidine rings is 1. The smallest absolute Gasteiger partial charge is 0.246 e. The average molecular weight is 463 g/mol. The molecule has 1 aromatic carbocycles. The highest BCUT2D eigenvalue weighted by molar-refractivity contribution is 5.89. The standard InChI is InChI=1S/C28H34N2O4/c31-20-5-4-18-14-21-28(33)9-8-26(7-6-19(26)15-22(32)29-11-1-12-29)25-27(28,23(18)24(20)34-25)10-13-30(21)16-17-2-3-17/h4-5,15,17,21,25,31,33H,1-3,6-14,16H2/b19-15+/t21-,25-,26-,27-,28+/m0/s1. The Hall–Kier alpha value is -2.05. The number of carbonyl (C=O) groups is 1. The lowest BCUT2D eigenvalue weighted by Crippen LogP contribution is -2.78. The lowest BCUT2D eigenvalue weighted by Gasteiger charge is -2.68. The highest BCUT2D eigenvalue weighted by atomic mass is 16.5. The summed E-state index contributed by atoms with van der Waals surface area (Å²) in [5, 5.41) is 23.5. The highest BCUT2D eigenvalue weighted by Crippen LogP contribution is 2.72. The van der Waals surface area contributed by atoms with Gasteiger partial charge in [-0.3, -0.25) is 9.69 Å².